The number of nitrogens with one attached hydrogen (secondary N) is 1. The van der Waals surface area contributed by atoms with Crippen LogP contribution in [0, 0.1) is 18.8 Å². The summed E-state index contributed by atoms with van der Waals surface area (Å²) in [6, 6.07) is 15.4. The molecule has 1 saturated carbocycles. The summed E-state index contributed by atoms with van der Waals surface area (Å²) in [6.07, 6.45) is 3.02. The highest BCUT2D eigenvalue weighted by Gasteiger charge is 2.32. The van der Waals surface area contributed by atoms with Gasteiger partial charge in [-0.15, -0.1) is 12.4 Å². The van der Waals surface area contributed by atoms with Gasteiger partial charge in [0.2, 0.25) is 5.91 Å². The molecule has 2 aromatic rings. The molecule has 1 aliphatic rings. The molecule has 25 heavy (non-hydrogen) atoms. The normalized spacial score (nSPS) is 19.1. The van der Waals surface area contributed by atoms with Gasteiger partial charge in [-0.3, -0.25) is 4.79 Å². The maximum atomic E-state index is 12.7. The minimum Gasteiger partial charge on any atom is -0.455 e. The van der Waals surface area contributed by atoms with E-state index >= 15 is 0 Å². The second-order valence-electron chi connectivity index (χ2n) is 6.44. The number of ether oxygens (including phenoxy) is 1. The third kappa shape index (κ3) is 4.74. The molecule has 0 heterocycles. The number of amides is 1. The smallest absolute Gasteiger partial charge is 0.227 e. The number of hydrogen-bond acceptors (Lipinski definition) is 3. The van der Waals surface area contributed by atoms with Crippen molar-refractivity contribution in [3.05, 3.63) is 54.1 Å². The molecule has 3 rings (SSSR count). The van der Waals surface area contributed by atoms with Gasteiger partial charge in [0.25, 0.3) is 0 Å². The lowest BCUT2D eigenvalue weighted by atomic mass is 9.95. The van der Waals surface area contributed by atoms with E-state index in [2.05, 4.69) is 5.32 Å². The predicted molar refractivity (Wildman–Crippen MR) is 103 cm³/mol. The van der Waals surface area contributed by atoms with Gasteiger partial charge in [0, 0.05) is 5.92 Å². The number of halogens is 1. The topological polar surface area (TPSA) is 64.3 Å². The van der Waals surface area contributed by atoms with E-state index in [0.717, 1.165) is 30.6 Å². The third-order valence-electron chi connectivity index (χ3n) is 4.66. The van der Waals surface area contributed by atoms with E-state index in [-0.39, 0.29) is 30.2 Å². The Morgan fingerprint density at radius 1 is 1.20 bits per heavy atom. The fourth-order valence-electron chi connectivity index (χ4n) is 3.34. The van der Waals surface area contributed by atoms with Crippen LogP contribution >= 0.6 is 12.4 Å². The maximum absolute atomic E-state index is 12.7. The van der Waals surface area contributed by atoms with Crippen molar-refractivity contribution in [2.75, 3.05) is 11.9 Å². The first-order valence-electron chi connectivity index (χ1n) is 8.52. The van der Waals surface area contributed by atoms with Gasteiger partial charge in [-0.25, -0.2) is 0 Å². The van der Waals surface area contributed by atoms with Gasteiger partial charge in [0.05, 0.1) is 5.69 Å². The van der Waals surface area contributed by atoms with E-state index < -0.39 is 0 Å². The van der Waals surface area contributed by atoms with E-state index in [4.69, 9.17) is 10.5 Å². The van der Waals surface area contributed by atoms with Gasteiger partial charge in [-0.1, -0.05) is 30.7 Å². The molecule has 0 aliphatic heterocycles. The number of anilines is 1. The van der Waals surface area contributed by atoms with Crippen molar-refractivity contribution in [1.29, 1.82) is 0 Å². The fraction of sp³-hybridized carbons (Fsp3) is 0.350. The van der Waals surface area contributed by atoms with Crippen molar-refractivity contribution in [3.8, 4) is 11.5 Å². The first-order chi connectivity index (χ1) is 11.7. The molecule has 0 aromatic heterocycles. The molecule has 5 heteroatoms. The Kier molecular flexibility index (Phi) is 6.85. The number of carbonyl (C=O) groups is 1. The van der Waals surface area contributed by atoms with Crippen LogP contribution in [-0.4, -0.2) is 12.5 Å². The molecule has 0 bridgehead atoms. The molecule has 3 N–H and O–H groups in total. The Morgan fingerprint density at radius 2 is 1.96 bits per heavy atom. The van der Waals surface area contributed by atoms with Gasteiger partial charge in [0.15, 0.2) is 5.75 Å². The standard InChI is InChI=1S/C20H24N2O2.ClH/c1-14-10-11-19(24-16-7-3-2-4-8-16)18(12-14)22-20(23)17-9-5-6-15(17)13-21;/h2-4,7-8,10-12,15,17H,5-6,9,13,21H2,1H3,(H,22,23);1H/t15-,17-;/m1./s1. The lowest BCUT2D eigenvalue weighted by Crippen LogP contribution is -2.29. The molecule has 2 atom stereocenters. The monoisotopic (exact) mass is 360 g/mol. The van der Waals surface area contributed by atoms with Gasteiger partial charge in [0.1, 0.15) is 5.75 Å². The highest BCUT2D eigenvalue weighted by Crippen LogP contribution is 2.34. The van der Waals surface area contributed by atoms with E-state index in [1.165, 1.54) is 0 Å². The number of nitrogens with two attached hydrogens (primary N) is 1. The molecule has 1 fully saturated rings. The summed E-state index contributed by atoms with van der Waals surface area (Å²) < 4.78 is 5.94. The SMILES string of the molecule is Cc1ccc(Oc2ccccc2)c(NC(=O)[C@@H]2CCC[C@@H]2CN)c1.Cl. The van der Waals surface area contributed by atoms with E-state index in [1.807, 2.05) is 55.5 Å². The largest absolute Gasteiger partial charge is 0.455 e. The number of aryl methyl sites for hydroxylation is 1. The lowest BCUT2D eigenvalue weighted by Gasteiger charge is -2.19. The molecule has 1 amide bonds. The zero-order chi connectivity index (χ0) is 16.9. The molecule has 1 aliphatic carbocycles. The van der Waals surface area contributed by atoms with E-state index in [9.17, 15) is 4.79 Å². The van der Waals surface area contributed by atoms with Gasteiger partial charge >= 0.3 is 0 Å². The van der Waals surface area contributed by atoms with Gasteiger partial charge < -0.3 is 15.8 Å². The van der Waals surface area contributed by atoms with Crippen molar-refractivity contribution in [3.63, 3.8) is 0 Å². The van der Waals surface area contributed by atoms with Crippen LogP contribution in [0.2, 0.25) is 0 Å². The van der Waals surface area contributed by atoms with Crippen LogP contribution in [0.25, 0.3) is 0 Å². The minimum absolute atomic E-state index is 0. The Balaban J connectivity index is 0.00000225. The molecule has 4 nitrogen and oxygen atoms in total. The average molecular weight is 361 g/mol. The lowest BCUT2D eigenvalue weighted by molar-refractivity contribution is -0.120. The number of carbonyl (C=O) groups excluding carboxylic acids is 1. The molecule has 0 saturated heterocycles. The van der Waals surface area contributed by atoms with Crippen LogP contribution < -0.4 is 15.8 Å². The highest BCUT2D eigenvalue weighted by atomic mass is 35.5. The van der Waals surface area contributed by atoms with E-state index in [0.29, 0.717) is 18.0 Å². The Bertz CT molecular complexity index is 706. The highest BCUT2D eigenvalue weighted by molar-refractivity contribution is 5.94. The first kappa shape index (κ1) is 19.3. The molecule has 0 radical (unpaired) electrons. The van der Waals surface area contributed by atoms with Crippen LogP contribution in [0.3, 0.4) is 0 Å². The van der Waals surface area contributed by atoms with Crippen molar-refractivity contribution < 1.29 is 9.53 Å². The summed E-state index contributed by atoms with van der Waals surface area (Å²) in [5.74, 6) is 1.74. The Hall–Kier alpha value is -2.04. The molecular weight excluding hydrogens is 336 g/mol. The van der Waals surface area contributed by atoms with Gasteiger partial charge in [-0.05, 0) is 62.1 Å². The average Bonchev–Trinajstić information content (AvgIpc) is 3.07. The first-order valence-corrected chi connectivity index (χ1v) is 8.52. The van der Waals surface area contributed by atoms with Crippen LogP contribution in [0.15, 0.2) is 48.5 Å². The number of hydrogen-bond donors (Lipinski definition) is 2. The summed E-state index contributed by atoms with van der Waals surface area (Å²) >= 11 is 0. The van der Waals surface area contributed by atoms with Crippen molar-refractivity contribution >= 4 is 24.0 Å². The van der Waals surface area contributed by atoms with Crippen LogP contribution in [-0.2, 0) is 4.79 Å². The summed E-state index contributed by atoms with van der Waals surface area (Å²) in [5, 5.41) is 3.06. The summed E-state index contributed by atoms with van der Waals surface area (Å²) in [4.78, 5) is 12.7. The zero-order valence-electron chi connectivity index (χ0n) is 14.4. The number of para-hydroxylation sites is 1. The van der Waals surface area contributed by atoms with Crippen molar-refractivity contribution in [2.45, 2.75) is 26.2 Å². The Morgan fingerprint density at radius 3 is 2.68 bits per heavy atom. The second kappa shape index (κ2) is 8.88. The summed E-state index contributed by atoms with van der Waals surface area (Å²) in [5.41, 5.74) is 7.60. The van der Waals surface area contributed by atoms with Crippen molar-refractivity contribution in [2.24, 2.45) is 17.6 Å². The quantitative estimate of drug-likeness (QED) is 0.823. The predicted octanol–water partition coefficient (Wildman–Crippen LogP) is 4.52. The molecular formula is C20H25ClN2O2. The molecule has 0 unspecified atom stereocenters. The Labute approximate surface area is 155 Å². The van der Waals surface area contributed by atoms with Crippen LogP contribution in [0.5, 0.6) is 11.5 Å². The number of benzene rings is 2. The van der Waals surface area contributed by atoms with Gasteiger partial charge in [-0.2, -0.15) is 0 Å². The number of rotatable bonds is 5. The second-order valence-corrected chi connectivity index (χ2v) is 6.44. The third-order valence-corrected chi connectivity index (χ3v) is 4.66. The minimum atomic E-state index is 0. The zero-order valence-corrected chi connectivity index (χ0v) is 15.2. The molecule has 0 spiro atoms. The van der Waals surface area contributed by atoms with Crippen LogP contribution in [0.4, 0.5) is 5.69 Å². The van der Waals surface area contributed by atoms with E-state index in [1.54, 1.807) is 0 Å². The maximum Gasteiger partial charge on any atom is 0.227 e. The fourth-order valence-corrected chi connectivity index (χ4v) is 3.34. The molecule has 2 aromatic carbocycles. The van der Waals surface area contributed by atoms with Crippen LogP contribution in [0.1, 0.15) is 24.8 Å². The van der Waals surface area contributed by atoms with Crippen molar-refractivity contribution in [1.82, 2.24) is 0 Å². The summed E-state index contributed by atoms with van der Waals surface area (Å²) in [7, 11) is 0. The summed E-state index contributed by atoms with van der Waals surface area (Å²) in [6.45, 7) is 2.57. The molecule has 134 valence electrons.